The molecule has 2 heterocycles. The Labute approximate surface area is 190 Å². The van der Waals surface area contributed by atoms with Gasteiger partial charge in [-0.25, -0.2) is 0 Å². The van der Waals surface area contributed by atoms with Crippen molar-refractivity contribution in [3.05, 3.63) is 59.7 Å². The minimum absolute atomic E-state index is 0.00252. The van der Waals surface area contributed by atoms with Gasteiger partial charge in [0.2, 0.25) is 5.91 Å². The van der Waals surface area contributed by atoms with Crippen LogP contribution in [-0.2, 0) is 27.4 Å². The van der Waals surface area contributed by atoms with Gasteiger partial charge in [0.1, 0.15) is 0 Å². The lowest BCUT2D eigenvalue weighted by molar-refractivity contribution is -0.117. The van der Waals surface area contributed by atoms with Crippen LogP contribution in [0.2, 0.25) is 0 Å². The molecule has 2 fully saturated rings. The smallest absolute Gasteiger partial charge is 0.238 e. The number of ether oxygens (including phenoxy) is 2. The number of morpholine rings is 2. The van der Waals surface area contributed by atoms with Crippen LogP contribution in [0.25, 0.3) is 0 Å². The van der Waals surface area contributed by atoms with Crippen molar-refractivity contribution in [3.8, 4) is 0 Å². The summed E-state index contributed by atoms with van der Waals surface area (Å²) in [4.78, 5) is 19.4. The fourth-order valence-corrected chi connectivity index (χ4v) is 4.26. The number of carbonyl (C=O) groups is 1. The molecule has 172 valence electrons. The largest absolute Gasteiger partial charge is 0.379 e. The zero-order valence-corrected chi connectivity index (χ0v) is 19.0. The molecule has 0 saturated carbocycles. The Bertz CT molecular complexity index is 862. The highest BCUT2D eigenvalue weighted by Gasteiger charge is 2.16. The number of rotatable bonds is 8. The number of amides is 1. The molecule has 2 aliphatic rings. The van der Waals surface area contributed by atoms with Crippen molar-refractivity contribution in [2.75, 3.05) is 76.4 Å². The Morgan fingerprint density at radius 2 is 1.59 bits per heavy atom. The minimum Gasteiger partial charge on any atom is -0.379 e. The Morgan fingerprint density at radius 3 is 2.31 bits per heavy atom. The zero-order chi connectivity index (χ0) is 22.2. The van der Waals surface area contributed by atoms with E-state index >= 15 is 0 Å². The molecule has 7 heteroatoms. The predicted molar refractivity (Wildman–Crippen MR) is 127 cm³/mol. The fourth-order valence-electron chi connectivity index (χ4n) is 4.26. The maximum atomic E-state index is 12.6. The van der Waals surface area contributed by atoms with E-state index in [0.717, 1.165) is 71.4 Å². The molecule has 0 radical (unpaired) electrons. The molecule has 0 bridgehead atoms. The van der Waals surface area contributed by atoms with E-state index < -0.39 is 0 Å². The first-order chi connectivity index (χ1) is 15.7. The third kappa shape index (κ3) is 6.53. The van der Waals surface area contributed by atoms with Crippen LogP contribution in [0.4, 0.5) is 11.4 Å². The van der Waals surface area contributed by atoms with Gasteiger partial charge in [-0.2, -0.15) is 0 Å². The molecule has 2 aliphatic heterocycles. The molecule has 1 amide bonds. The zero-order valence-electron chi connectivity index (χ0n) is 19.0. The summed E-state index contributed by atoms with van der Waals surface area (Å²) < 4.78 is 10.9. The van der Waals surface area contributed by atoms with Gasteiger partial charge in [0.25, 0.3) is 0 Å². The summed E-state index contributed by atoms with van der Waals surface area (Å²) >= 11 is 0. The SMILES string of the molecule is CN(CC(=O)Nc1ccc(CN2CCOCC2)cc1)Cc1ccccc1N1CCOCC1. The van der Waals surface area contributed by atoms with Crippen LogP contribution in [-0.4, -0.2) is 81.9 Å². The number of para-hydroxylation sites is 1. The van der Waals surface area contributed by atoms with Crippen LogP contribution in [0.15, 0.2) is 48.5 Å². The molecule has 0 atom stereocenters. The van der Waals surface area contributed by atoms with Crippen LogP contribution in [0.3, 0.4) is 0 Å². The fraction of sp³-hybridized carbons (Fsp3) is 0.480. The quantitative estimate of drug-likeness (QED) is 0.683. The minimum atomic E-state index is -0.00252. The van der Waals surface area contributed by atoms with Crippen molar-refractivity contribution in [1.29, 1.82) is 0 Å². The Kier molecular flexibility index (Phi) is 8.12. The highest BCUT2D eigenvalue weighted by Crippen LogP contribution is 2.22. The summed E-state index contributed by atoms with van der Waals surface area (Å²) in [7, 11) is 1.99. The summed E-state index contributed by atoms with van der Waals surface area (Å²) in [6.45, 7) is 8.87. The first kappa shape index (κ1) is 22.7. The molecular formula is C25H34N4O3. The second-order valence-corrected chi connectivity index (χ2v) is 8.53. The van der Waals surface area contributed by atoms with Gasteiger partial charge in [-0.15, -0.1) is 0 Å². The van der Waals surface area contributed by atoms with E-state index in [-0.39, 0.29) is 5.91 Å². The van der Waals surface area contributed by atoms with Crippen molar-refractivity contribution in [2.45, 2.75) is 13.1 Å². The lowest BCUT2D eigenvalue weighted by Crippen LogP contribution is -2.37. The summed E-state index contributed by atoms with van der Waals surface area (Å²) in [5.41, 5.74) is 4.56. The molecule has 2 aromatic rings. The second kappa shape index (κ2) is 11.4. The molecule has 4 rings (SSSR count). The van der Waals surface area contributed by atoms with E-state index in [0.29, 0.717) is 6.54 Å². The summed E-state index contributed by atoms with van der Waals surface area (Å²) in [6, 6.07) is 16.6. The lowest BCUT2D eigenvalue weighted by atomic mass is 10.1. The van der Waals surface area contributed by atoms with Crippen molar-refractivity contribution >= 4 is 17.3 Å². The number of likely N-dealkylation sites (N-methyl/N-ethyl adjacent to an activating group) is 1. The molecule has 32 heavy (non-hydrogen) atoms. The lowest BCUT2D eigenvalue weighted by Gasteiger charge is -2.31. The van der Waals surface area contributed by atoms with Crippen LogP contribution < -0.4 is 10.2 Å². The maximum absolute atomic E-state index is 12.6. The van der Waals surface area contributed by atoms with Gasteiger partial charge in [0, 0.05) is 50.6 Å². The molecular weight excluding hydrogens is 404 g/mol. The van der Waals surface area contributed by atoms with E-state index in [9.17, 15) is 4.79 Å². The van der Waals surface area contributed by atoms with Crippen molar-refractivity contribution in [3.63, 3.8) is 0 Å². The number of nitrogens with one attached hydrogen (secondary N) is 1. The van der Waals surface area contributed by atoms with Gasteiger partial charge in [-0.1, -0.05) is 30.3 Å². The normalized spacial score (nSPS) is 17.5. The molecule has 0 spiro atoms. The summed E-state index contributed by atoms with van der Waals surface area (Å²) in [5, 5.41) is 3.03. The topological polar surface area (TPSA) is 57.3 Å². The van der Waals surface area contributed by atoms with Crippen LogP contribution >= 0.6 is 0 Å². The Morgan fingerprint density at radius 1 is 0.938 bits per heavy atom. The molecule has 0 aromatic heterocycles. The van der Waals surface area contributed by atoms with Gasteiger partial charge >= 0.3 is 0 Å². The number of hydrogen-bond donors (Lipinski definition) is 1. The standard InChI is InChI=1S/C25H34N4O3/c1-27(19-22-4-2-3-5-24(22)29-12-16-32-17-13-29)20-25(30)26-23-8-6-21(7-9-23)18-28-10-14-31-15-11-28/h2-9H,10-20H2,1H3,(H,26,30). The molecule has 0 aliphatic carbocycles. The van der Waals surface area contributed by atoms with Crippen LogP contribution in [0.5, 0.6) is 0 Å². The van der Waals surface area contributed by atoms with Gasteiger partial charge in [0.15, 0.2) is 0 Å². The van der Waals surface area contributed by atoms with E-state index in [1.165, 1.54) is 16.8 Å². The monoisotopic (exact) mass is 438 g/mol. The van der Waals surface area contributed by atoms with Gasteiger partial charge in [-0.05, 0) is 36.4 Å². The highest BCUT2D eigenvalue weighted by molar-refractivity contribution is 5.92. The Hall–Kier alpha value is -2.45. The number of carbonyl (C=O) groups excluding carboxylic acids is 1. The summed E-state index contributed by atoms with van der Waals surface area (Å²) in [6.07, 6.45) is 0. The average molecular weight is 439 g/mol. The second-order valence-electron chi connectivity index (χ2n) is 8.53. The number of anilines is 2. The van der Waals surface area contributed by atoms with Crippen molar-refractivity contribution in [2.24, 2.45) is 0 Å². The van der Waals surface area contributed by atoms with E-state index in [1.54, 1.807) is 0 Å². The molecule has 2 saturated heterocycles. The number of benzene rings is 2. The molecule has 0 unspecified atom stereocenters. The summed E-state index contributed by atoms with van der Waals surface area (Å²) in [5.74, 6) is -0.00252. The predicted octanol–water partition coefficient (Wildman–Crippen LogP) is 2.43. The number of hydrogen-bond acceptors (Lipinski definition) is 6. The maximum Gasteiger partial charge on any atom is 0.238 e. The Balaban J connectivity index is 1.27. The van der Waals surface area contributed by atoms with Crippen molar-refractivity contribution in [1.82, 2.24) is 9.80 Å². The van der Waals surface area contributed by atoms with Crippen LogP contribution in [0.1, 0.15) is 11.1 Å². The highest BCUT2D eigenvalue weighted by atomic mass is 16.5. The van der Waals surface area contributed by atoms with Gasteiger partial charge in [-0.3, -0.25) is 14.6 Å². The third-order valence-corrected chi connectivity index (χ3v) is 5.94. The first-order valence-corrected chi connectivity index (χ1v) is 11.5. The van der Waals surface area contributed by atoms with Gasteiger partial charge < -0.3 is 19.7 Å². The number of nitrogens with zero attached hydrogens (tertiary/aromatic N) is 3. The molecule has 1 N–H and O–H groups in total. The van der Waals surface area contributed by atoms with E-state index in [2.05, 4.69) is 56.4 Å². The molecule has 2 aromatic carbocycles. The first-order valence-electron chi connectivity index (χ1n) is 11.5. The average Bonchev–Trinajstić information content (AvgIpc) is 2.82. The van der Waals surface area contributed by atoms with E-state index in [1.807, 2.05) is 19.2 Å². The van der Waals surface area contributed by atoms with Crippen LogP contribution in [0, 0.1) is 0 Å². The van der Waals surface area contributed by atoms with Crippen molar-refractivity contribution < 1.29 is 14.3 Å². The van der Waals surface area contributed by atoms with Gasteiger partial charge in [0.05, 0.1) is 33.0 Å². The molecule has 7 nitrogen and oxygen atoms in total. The van der Waals surface area contributed by atoms with E-state index in [4.69, 9.17) is 9.47 Å². The third-order valence-electron chi connectivity index (χ3n) is 5.94.